The highest BCUT2D eigenvalue weighted by Gasteiger charge is 2.00. The van der Waals surface area contributed by atoms with E-state index in [1.165, 1.54) is 0 Å². The summed E-state index contributed by atoms with van der Waals surface area (Å²) < 4.78 is 10.5. The summed E-state index contributed by atoms with van der Waals surface area (Å²) in [5, 5.41) is 6.47. The van der Waals surface area contributed by atoms with Crippen LogP contribution in [0.1, 0.15) is 11.5 Å². The van der Waals surface area contributed by atoms with Crippen molar-refractivity contribution in [2.24, 2.45) is 4.99 Å². The molecule has 2 heterocycles. The molecule has 0 aromatic carbocycles. The van der Waals surface area contributed by atoms with Crippen molar-refractivity contribution in [1.82, 2.24) is 10.6 Å². The molecule has 2 N–H and O–H groups in total. The predicted molar refractivity (Wildman–Crippen MR) is 74.2 cm³/mol. The van der Waals surface area contributed by atoms with Gasteiger partial charge in [-0.25, -0.2) is 0 Å². The number of rotatable bonds is 6. The van der Waals surface area contributed by atoms with Crippen molar-refractivity contribution in [3.05, 3.63) is 48.3 Å². The van der Waals surface area contributed by atoms with E-state index in [2.05, 4.69) is 15.6 Å². The highest BCUT2D eigenvalue weighted by atomic mass is 16.3. The van der Waals surface area contributed by atoms with Crippen LogP contribution in [0.5, 0.6) is 0 Å². The van der Waals surface area contributed by atoms with Crippen LogP contribution in [0.25, 0.3) is 0 Å². The lowest BCUT2D eigenvalue weighted by Crippen LogP contribution is -2.39. The molecule has 2 rings (SSSR count). The molecular formula is C14H19N3O2. The van der Waals surface area contributed by atoms with Crippen molar-refractivity contribution in [2.75, 3.05) is 20.1 Å². The van der Waals surface area contributed by atoms with Crippen LogP contribution in [0.2, 0.25) is 0 Å². The monoisotopic (exact) mass is 261 g/mol. The van der Waals surface area contributed by atoms with E-state index in [0.29, 0.717) is 0 Å². The number of hydrogen-bond donors (Lipinski definition) is 2. The molecule has 19 heavy (non-hydrogen) atoms. The molecule has 5 heteroatoms. The number of hydrogen-bond acceptors (Lipinski definition) is 3. The second-order valence-electron chi connectivity index (χ2n) is 4.08. The van der Waals surface area contributed by atoms with Gasteiger partial charge in [-0.2, -0.15) is 0 Å². The zero-order valence-electron chi connectivity index (χ0n) is 11.1. The molecule has 5 nitrogen and oxygen atoms in total. The van der Waals surface area contributed by atoms with Crippen molar-refractivity contribution >= 4 is 5.96 Å². The first-order chi connectivity index (χ1) is 9.38. The summed E-state index contributed by atoms with van der Waals surface area (Å²) in [4.78, 5) is 4.16. The Hall–Kier alpha value is -2.17. The summed E-state index contributed by atoms with van der Waals surface area (Å²) in [7, 11) is 1.76. The topological polar surface area (TPSA) is 62.7 Å². The van der Waals surface area contributed by atoms with Crippen molar-refractivity contribution in [3.63, 3.8) is 0 Å². The van der Waals surface area contributed by atoms with Crippen LogP contribution in [-0.4, -0.2) is 26.1 Å². The summed E-state index contributed by atoms with van der Waals surface area (Å²) in [5.41, 5.74) is 0. The summed E-state index contributed by atoms with van der Waals surface area (Å²) in [5.74, 6) is 2.73. The van der Waals surface area contributed by atoms with Crippen LogP contribution in [0, 0.1) is 0 Å². The average molecular weight is 261 g/mol. The Morgan fingerprint density at radius 1 is 1.00 bits per heavy atom. The Bertz CT molecular complexity index is 433. The van der Waals surface area contributed by atoms with Crippen LogP contribution in [0.4, 0.5) is 0 Å². The molecule has 102 valence electrons. The minimum Gasteiger partial charge on any atom is -0.469 e. The third-order valence-corrected chi connectivity index (χ3v) is 2.71. The van der Waals surface area contributed by atoms with E-state index in [0.717, 1.165) is 43.4 Å². The van der Waals surface area contributed by atoms with Crippen molar-refractivity contribution in [2.45, 2.75) is 12.8 Å². The van der Waals surface area contributed by atoms with E-state index in [-0.39, 0.29) is 0 Å². The van der Waals surface area contributed by atoms with Gasteiger partial charge in [0.25, 0.3) is 0 Å². The lowest BCUT2D eigenvalue weighted by molar-refractivity contribution is 0.504. The Morgan fingerprint density at radius 2 is 1.53 bits per heavy atom. The number of nitrogens with one attached hydrogen (secondary N) is 2. The number of aliphatic imine (C=N–C) groups is 1. The van der Waals surface area contributed by atoms with Crippen molar-refractivity contribution < 1.29 is 8.83 Å². The fraction of sp³-hybridized carbons (Fsp3) is 0.357. The van der Waals surface area contributed by atoms with Gasteiger partial charge in [-0.15, -0.1) is 0 Å². The zero-order chi connectivity index (χ0) is 13.3. The van der Waals surface area contributed by atoms with Gasteiger partial charge in [0.2, 0.25) is 0 Å². The molecule has 0 fully saturated rings. The largest absolute Gasteiger partial charge is 0.469 e. The van der Waals surface area contributed by atoms with E-state index >= 15 is 0 Å². The lowest BCUT2D eigenvalue weighted by Gasteiger charge is -2.10. The van der Waals surface area contributed by atoms with Crippen molar-refractivity contribution in [1.29, 1.82) is 0 Å². The quantitative estimate of drug-likeness (QED) is 0.615. The van der Waals surface area contributed by atoms with Gasteiger partial charge in [0.15, 0.2) is 5.96 Å². The third-order valence-electron chi connectivity index (χ3n) is 2.71. The Balaban J connectivity index is 1.63. The smallest absolute Gasteiger partial charge is 0.191 e. The second-order valence-corrected chi connectivity index (χ2v) is 4.08. The van der Waals surface area contributed by atoms with Gasteiger partial charge < -0.3 is 19.5 Å². The maximum Gasteiger partial charge on any atom is 0.191 e. The number of nitrogens with zero attached hydrogens (tertiary/aromatic N) is 1. The molecule has 0 spiro atoms. The molecule has 2 aromatic heterocycles. The molecule has 0 saturated heterocycles. The predicted octanol–water partition coefficient (Wildman–Crippen LogP) is 1.82. The molecule has 0 aliphatic heterocycles. The first-order valence-electron chi connectivity index (χ1n) is 6.38. The van der Waals surface area contributed by atoms with E-state index in [1.54, 1.807) is 19.6 Å². The second kappa shape index (κ2) is 7.31. The van der Waals surface area contributed by atoms with Gasteiger partial charge in [-0.1, -0.05) is 0 Å². The van der Waals surface area contributed by atoms with E-state index in [1.807, 2.05) is 24.3 Å². The maximum atomic E-state index is 5.27. The minimum atomic E-state index is 0.786. The van der Waals surface area contributed by atoms with E-state index in [4.69, 9.17) is 8.83 Å². The number of guanidine groups is 1. The highest BCUT2D eigenvalue weighted by Crippen LogP contribution is 2.00. The highest BCUT2D eigenvalue weighted by molar-refractivity contribution is 5.79. The van der Waals surface area contributed by atoms with Crippen LogP contribution >= 0.6 is 0 Å². The maximum absolute atomic E-state index is 5.27. The van der Waals surface area contributed by atoms with Gasteiger partial charge in [0, 0.05) is 33.0 Å². The van der Waals surface area contributed by atoms with Crippen LogP contribution in [0.3, 0.4) is 0 Å². The molecule has 0 aliphatic rings. The van der Waals surface area contributed by atoms with Crippen LogP contribution < -0.4 is 10.6 Å². The van der Waals surface area contributed by atoms with E-state index in [9.17, 15) is 0 Å². The molecule has 0 aliphatic carbocycles. The SMILES string of the molecule is CN=C(NCCc1ccco1)NCCc1ccco1. The first-order valence-corrected chi connectivity index (χ1v) is 6.38. The van der Waals surface area contributed by atoms with Crippen molar-refractivity contribution in [3.8, 4) is 0 Å². The first kappa shape index (κ1) is 13.3. The summed E-state index contributed by atoms with van der Waals surface area (Å²) in [6.07, 6.45) is 5.05. The Morgan fingerprint density at radius 3 is 1.89 bits per heavy atom. The molecule has 0 atom stereocenters. The average Bonchev–Trinajstić information content (AvgIpc) is 3.10. The van der Waals surface area contributed by atoms with Crippen LogP contribution in [-0.2, 0) is 12.8 Å². The van der Waals surface area contributed by atoms with Gasteiger partial charge in [0.1, 0.15) is 11.5 Å². The van der Waals surface area contributed by atoms with Crippen LogP contribution in [0.15, 0.2) is 50.6 Å². The van der Waals surface area contributed by atoms with Gasteiger partial charge in [-0.05, 0) is 24.3 Å². The standard InChI is InChI=1S/C14H19N3O2/c1-15-14(16-8-6-12-4-2-10-18-12)17-9-7-13-5-3-11-19-13/h2-5,10-11H,6-9H2,1H3,(H2,15,16,17). The summed E-state index contributed by atoms with van der Waals surface area (Å²) >= 11 is 0. The molecular weight excluding hydrogens is 242 g/mol. The Labute approximate surface area is 112 Å². The van der Waals surface area contributed by atoms with Gasteiger partial charge >= 0.3 is 0 Å². The minimum absolute atomic E-state index is 0.786. The third kappa shape index (κ3) is 4.54. The Kier molecular flexibility index (Phi) is 5.10. The van der Waals surface area contributed by atoms with Gasteiger partial charge in [-0.3, -0.25) is 4.99 Å². The molecule has 0 unspecified atom stereocenters. The molecule has 0 radical (unpaired) electrons. The lowest BCUT2D eigenvalue weighted by atomic mass is 10.3. The number of furan rings is 2. The fourth-order valence-corrected chi connectivity index (χ4v) is 1.74. The zero-order valence-corrected chi connectivity index (χ0v) is 11.1. The molecule has 0 saturated carbocycles. The molecule has 2 aromatic rings. The van der Waals surface area contributed by atoms with E-state index < -0.39 is 0 Å². The fourth-order valence-electron chi connectivity index (χ4n) is 1.74. The van der Waals surface area contributed by atoms with Gasteiger partial charge in [0.05, 0.1) is 12.5 Å². The molecule has 0 bridgehead atoms. The summed E-state index contributed by atoms with van der Waals surface area (Å²) in [6.45, 7) is 1.57. The normalized spacial score (nSPS) is 10.2. The molecule has 0 amide bonds. The summed E-state index contributed by atoms with van der Waals surface area (Å²) in [6, 6.07) is 7.72.